The van der Waals surface area contributed by atoms with E-state index < -0.39 is 0 Å². The quantitative estimate of drug-likeness (QED) is 0.822. The summed E-state index contributed by atoms with van der Waals surface area (Å²) in [6.45, 7) is 11.1. The Hall–Kier alpha value is -0.730. The molecule has 3 heteroatoms. The van der Waals surface area contributed by atoms with Gasteiger partial charge in [0.25, 0.3) is 0 Å². The van der Waals surface area contributed by atoms with Crippen molar-refractivity contribution in [2.45, 2.75) is 33.7 Å². The SMILES string of the molecule is CCCNCc1cc(Cl)ccc1N1CC(C)C(C)C1. The molecule has 2 atom stereocenters. The molecule has 2 unspecified atom stereocenters. The number of nitrogens with one attached hydrogen (secondary N) is 1. The van der Waals surface area contributed by atoms with Crippen molar-refractivity contribution in [1.82, 2.24) is 5.32 Å². The van der Waals surface area contributed by atoms with Gasteiger partial charge in [-0.2, -0.15) is 0 Å². The van der Waals surface area contributed by atoms with Gasteiger partial charge in [-0.15, -0.1) is 0 Å². The zero-order chi connectivity index (χ0) is 13.8. The normalized spacial score (nSPS) is 23.1. The fourth-order valence-electron chi connectivity index (χ4n) is 2.73. The molecule has 0 bridgehead atoms. The van der Waals surface area contributed by atoms with E-state index in [0.717, 1.165) is 49.5 Å². The van der Waals surface area contributed by atoms with Gasteiger partial charge in [0, 0.05) is 30.3 Å². The second kappa shape index (κ2) is 6.62. The van der Waals surface area contributed by atoms with Crippen molar-refractivity contribution < 1.29 is 0 Å². The summed E-state index contributed by atoms with van der Waals surface area (Å²) < 4.78 is 0. The number of anilines is 1. The number of hydrogen-bond donors (Lipinski definition) is 1. The molecule has 1 heterocycles. The van der Waals surface area contributed by atoms with Crippen molar-refractivity contribution in [3.8, 4) is 0 Å². The molecule has 106 valence electrons. The Bertz CT molecular complexity index is 409. The number of rotatable bonds is 5. The second-order valence-corrected chi connectivity index (χ2v) is 6.25. The molecule has 0 saturated carbocycles. The predicted octanol–water partition coefficient (Wildman–Crippen LogP) is 3.93. The monoisotopic (exact) mass is 280 g/mol. The van der Waals surface area contributed by atoms with Gasteiger partial charge in [-0.3, -0.25) is 0 Å². The van der Waals surface area contributed by atoms with Gasteiger partial charge < -0.3 is 10.2 Å². The molecule has 2 rings (SSSR count). The van der Waals surface area contributed by atoms with Crippen LogP contribution in [0.2, 0.25) is 5.02 Å². The lowest BCUT2D eigenvalue weighted by atomic mass is 10.0. The first-order valence-corrected chi connectivity index (χ1v) is 7.73. The molecule has 1 aliphatic heterocycles. The summed E-state index contributed by atoms with van der Waals surface area (Å²) in [7, 11) is 0. The largest absolute Gasteiger partial charge is 0.371 e. The smallest absolute Gasteiger partial charge is 0.0413 e. The van der Waals surface area contributed by atoms with E-state index in [1.807, 2.05) is 6.07 Å². The molecule has 0 aliphatic carbocycles. The highest BCUT2D eigenvalue weighted by molar-refractivity contribution is 6.30. The van der Waals surface area contributed by atoms with Crippen molar-refractivity contribution >= 4 is 17.3 Å². The Morgan fingerprint density at radius 2 is 1.95 bits per heavy atom. The number of nitrogens with zero attached hydrogens (tertiary/aromatic N) is 1. The van der Waals surface area contributed by atoms with E-state index in [-0.39, 0.29) is 0 Å². The maximum Gasteiger partial charge on any atom is 0.0413 e. The van der Waals surface area contributed by atoms with Crippen LogP contribution < -0.4 is 10.2 Å². The Morgan fingerprint density at radius 1 is 1.26 bits per heavy atom. The Kier molecular flexibility index (Phi) is 5.12. The van der Waals surface area contributed by atoms with E-state index in [1.165, 1.54) is 11.3 Å². The lowest BCUT2D eigenvalue weighted by Gasteiger charge is -2.22. The molecule has 0 spiro atoms. The first kappa shape index (κ1) is 14.7. The lowest BCUT2D eigenvalue weighted by Crippen LogP contribution is -2.23. The summed E-state index contributed by atoms with van der Waals surface area (Å²) in [5, 5.41) is 4.31. The number of hydrogen-bond acceptors (Lipinski definition) is 2. The summed E-state index contributed by atoms with van der Waals surface area (Å²) in [6.07, 6.45) is 1.16. The van der Waals surface area contributed by atoms with E-state index in [0.29, 0.717) is 0 Å². The third-order valence-electron chi connectivity index (χ3n) is 4.11. The van der Waals surface area contributed by atoms with Crippen molar-refractivity contribution in [2.24, 2.45) is 11.8 Å². The maximum atomic E-state index is 6.15. The van der Waals surface area contributed by atoms with Gasteiger partial charge in [-0.25, -0.2) is 0 Å². The van der Waals surface area contributed by atoms with Crippen molar-refractivity contribution in [3.05, 3.63) is 28.8 Å². The highest BCUT2D eigenvalue weighted by Crippen LogP contribution is 2.31. The summed E-state index contributed by atoms with van der Waals surface area (Å²) in [4.78, 5) is 2.51. The first-order valence-electron chi connectivity index (χ1n) is 7.36. The van der Waals surface area contributed by atoms with Crippen LogP contribution in [0, 0.1) is 11.8 Å². The van der Waals surface area contributed by atoms with Gasteiger partial charge in [0.15, 0.2) is 0 Å². The van der Waals surface area contributed by atoms with Gasteiger partial charge in [-0.05, 0) is 48.6 Å². The number of benzene rings is 1. The fraction of sp³-hybridized carbons (Fsp3) is 0.625. The summed E-state index contributed by atoms with van der Waals surface area (Å²) in [5.74, 6) is 1.54. The van der Waals surface area contributed by atoms with E-state index in [2.05, 4.69) is 43.1 Å². The predicted molar refractivity (Wildman–Crippen MR) is 84.0 cm³/mol. The molecule has 1 N–H and O–H groups in total. The maximum absolute atomic E-state index is 6.15. The van der Waals surface area contributed by atoms with E-state index in [1.54, 1.807) is 0 Å². The Balaban J connectivity index is 2.14. The average Bonchev–Trinajstić information content (AvgIpc) is 2.70. The molecule has 0 radical (unpaired) electrons. The topological polar surface area (TPSA) is 15.3 Å². The molecular formula is C16H25ClN2. The molecule has 1 fully saturated rings. The minimum Gasteiger partial charge on any atom is -0.371 e. The van der Waals surface area contributed by atoms with Crippen LogP contribution in [0.3, 0.4) is 0 Å². The van der Waals surface area contributed by atoms with Crippen LogP contribution >= 0.6 is 11.6 Å². The molecular weight excluding hydrogens is 256 g/mol. The zero-order valence-corrected chi connectivity index (χ0v) is 13.0. The minimum atomic E-state index is 0.770. The van der Waals surface area contributed by atoms with Crippen LogP contribution in [0.25, 0.3) is 0 Å². The molecule has 1 aromatic carbocycles. The lowest BCUT2D eigenvalue weighted by molar-refractivity contribution is 0.494. The molecule has 0 amide bonds. The number of halogens is 1. The minimum absolute atomic E-state index is 0.770. The summed E-state index contributed by atoms with van der Waals surface area (Å²) >= 11 is 6.15. The van der Waals surface area contributed by atoms with Crippen molar-refractivity contribution in [1.29, 1.82) is 0 Å². The van der Waals surface area contributed by atoms with Crippen LogP contribution in [0.1, 0.15) is 32.8 Å². The van der Waals surface area contributed by atoms with Crippen LogP contribution in [0.15, 0.2) is 18.2 Å². The zero-order valence-electron chi connectivity index (χ0n) is 12.2. The molecule has 1 saturated heterocycles. The summed E-state index contributed by atoms with van der Waals surface area (Å²) in [6, 6.07) is 6.29. The van der Waals surface area contributed by atoms with Gasteiger partial charge in [-0.1, -0.05) is 32.4 Å². The van der Waals surface area contributed by atoms with Crippen LogP contribution in [-0.4, -0.2) is 19.6 Å². The van der Waals surface area contributed by atoms with Gasteiger partial charge in [0.2, 0.25) is 0 Å². The third kappa shape index (κ3) is 3.64. The Labute approximate surface area is 122 Å². The van der Waals surface area contributed by atoms with Crippen molar-refractivity contribution in [3.63, 3.8) is 0 Å². The second-order valence-electron chi connectivity index (χ2n) is 5.81. The van der Waals surface area contributed by atoms with E-state index >= 15 is 0 Å². The molecule has 2 nitrogen and oxygen atoms in total. The van der Waals surface area contributed by atoms with Crippen LogP contribution in [-0.2, 0) is 6.54 Å². The highest BCUT2D eigenvalue weighted by Gasteiger charge is 2.27. The Morgan fingerprint density at radius 3 is 2.58 bits per heavy atom. The average molecular weight is 281 g/mol. The molecule has 19 heavy (non-hydrogen) atoms. The highest BCUT2D eigenvalue weighted by atomic mass is 35.5. The molecule has 1 aliphatic rings. The molecule has 1 aromatic rings. The van der Waals surface area contributed by atoms with E-state index in [4.69, 9.17) is 11.6 Å². The fourth-order valence-corrected chi connectivity index (χ4v) is 2.93. The van der Waals surface area contributed by atoms with Crippen LogP contribution in [0.4, 0.5) is 5.69 Å². The van der Waals surface area contributed by atoms with E-state index in [9.17, 15) is 0 Å². The van der Waals surface area contributed by atoms with Gasteiger partial charge in [0.05, 0.1) is 0 Å². The van der Waals surface area contributed by atoms with Crippen molar-refractivity contribution in [2.75, 3.05) is 24.5 Å². The first-order chi connectivity index (χ1) is 9.11. The standard InChI is InChI=1S/C16H25ClN2/c1-4-7-18-9-14-8-15(17)5-6-16(14)19-10-12(2)13(3)11-19/h5-6,8,12-13,18H,4,7,9-11H2,1-3H3. The van der Waals surface area contributed by atoms with Crippen LogP contribution in [0.5, 0.6) is 0 Å². The molecule has 0 aromatic heterocycles. The third-order valence-corrected chi connectivity index (χ3v) is 4.35. The van der Waals surface area contributed by atoms with Gasteiger partial charge >= 0.3 is 0 Å². The summed E-state index contributed by atoms with van der Waals surface area (Å²) in [5.41, 5.74) is 2.67. The van der Waals surface area contributed by atoms with Gasteiger partial charge in [0.1, 0.15) is 0 Å².